The van der Waals surface area contributed by atoms with E-state index in [9.17, 15) is 0 Å². The molecule has 2 aromatic carbocycles. The van der Waals surface area contributed by atoms with Gasteiger partial charge >= 0.3 is 0 Å². The zero-order valence-electron chi connectivity index (χ0n) is 19.0. The Balaban J connectivity index is 1.26. The van der Waals surface area contributed by atoms with Gasteiger partial charge in [0.25, 0.3) is 0 Å². The fourth-order valence-electron chi connectivity index (χ4n) is 7.62. The van der Waals surface area contributed by atoms with Crippen molar-refractivity contribution in [2.45, 2.75) is 71.1 Å². The van der Waals surface area contributed by atoms with Gasteiger partial charge in [0.2, 0.25) is 0 Å². The van der Waals surface area contributed by atoms with Gasteiger partial charge in [-0.1, -0.05) is 43.6 Å². The van der Waals surface area contributed by atoms with Crippen LogP contribution in [0.3, 0.4) is 0 Å². The van der Waals surface area contributed by atoms with E-state index in [1.54, 1.807) is 7.11 Å². The van der Waals surface area contributed by atoms with E-state index in [1.807, 2.05) is 30.3 Å². The van der Waals surface area contributed by atoms with E-state index in [-0.39, 0.29) is 0 Å². The van der Waals surface area contributed by atoms with Gasteiger partial charge in [-0.15, -0.1) is 0 Å². The number of nitrogens with one attached hydrogen (secondary N) is 1. The van der Waals surface area contributed by atoms with Gasteiger partial charge in [0, 0.05) is 17.1 Å². The summed E-state index contributed by atoms with van der Waals surface area (Å²) in [6.07, 6.45) is 8.26. The van der Waals surface area contributed by atoms with E-state index < -0.39 is 0 Å². The lowest BCUT2D eigenvalue weighted by atomic mass is 9.43. The summed E-state index contributed by atoms with van der Waals surface area (Å²) in [7, 11) is 1.71. The van der Waals surface area contributed by atoms with Gasteiger partial charge in [0.15, 0.2) is 11.5 Å². The van der Waals surface area contributed by atoms with Crippen LogP contribution in [0.1, 0.15) is 63.5 Å². The number of ether oxygens (including phenoxy) is 2. The van der Waals surface area contributed by atoms with Crippen LogP contribution in [0.25, 0.3) is 0 Å². The lowest BCUT2D eigenvalue weighted by Gasteiger charge is -2.65. The van der Waals surface area contributed by atoms with Crippen molar-refractivity contribution >= 4 is 11.6 Å². The number of benzene rings is 2. The van der Waals surface area contributed by atoms with Crippen LogP contribution >= 0.6 is 11.6 Å². The van der Waals surface area contributed by atoms with Crippen LogP contribution in [0.4, 0.5) is 0 Å². The Labute approximate surface area is 191 Å². The van der Waals surface area contributed by atoms with E-state index in [4.69, 9.17) is 21.1 Å². The minimum absolute atomic E-state index is 0.305. The topological polar surface area (TPSA) is 30.5 Å². The van der Waals surface area contributed by atoms with Gasteiger partial charge in [0.1, 0.15) is 6.61 Å². The van der Waals surface area contributed by atoms with Crippen molar-refractivity contribution in [2.75, 3.05) is 7.11 Å². The second kappa shape index (κ2) is 7.71. The normalized spacial score (nSPS) is 33.5. The second-order valence-corrected chi connectivity index (χ2v) is 11.6. The molecule has 3 nitrogen and oxygen atoms in total. The number of methoxy groups -OCH3 is 1. The van der Waals surface area contributed by atoms with Gasteiger partial charge in [-0.2, -0.15) is 0 Å². The number of halogens is 1. The molecule has 31 heavy (non-hydrogen) atoms. The molecule has 0 aliphatic heterocycles. The third-order valence-electron chi connectivity index (χ3n) is 7.83. The maximum absolute atomic E-state index is 6.03. The van der Waals surface area contributed by atoms with Gasteiger partial charge in [-0.05, 0) is 90.7 Å². The molecule has 4 aliphatic rings. The zero-order valence-corrected chi connectivity index (χ0v) is 19.7. The molecule has 2 atom stereocenters. The Morgan fingerprint density at radius 1 is 0.903 bits per heavy atom. The molecule has 0 aromatic heterocycles. The maximum atomic E-state index is 6.03. The van der Waals surface area contributed by atoms with Crippen molar-refractivity contribution in [3.05, 3.63) is 58.6 Å². The third kappa shape index (κ3) is 4.32. The Morgan fingerprint density at radius 3 is 2.23 bits per heavy atom. The fraction of sp³-hybridized carbons (Fsp3) is 0.556. The smallest absolute Gasteiger partial charge is 0.161 e. The Morgan fingerprint density at radius 2 is 1.58 bits per heavy atom. The Hall–Kier alpha value is -1.71. The van der Waals surface area contributed by atoms with Crippen LogP contribution in [-0.2, 0) is 13.2 Å². The van der Waals surface area contributed by atoms with Gasteiger partial charge in [0.05, 0.1) is 7.11 Å². The molecule has 0 amide bonds. The predicted octanol–water partition coefficient (Wildman–Crippen LogP) is 6.77. The van der Waals surface area contributed by atoms with Gasteiger partial charge in [-0.3, -0.25) is 0 Å². The summed E-state index contributed by atoms with van der Waals surface area (Å²) < 4.78 is 11.7. The molecule has 0 heterocycles. The quantitative estimate of drug-likeness (QED) is 0.516. The largest absolute Gasteiger partial charge is 0.493 e. The van der Waals surface area contributed by atoms with Crippen LogP contribution < -0.4 is 14.8 Å². The standard InChI is InChI=1S/C27H34ClNO2/c1-25-11-21-12-26(2,16-25)18-27(13-21,17-25)29-14-20-6-9-23(24(10-20)30-3)31-15-19-4-7-22(28)8-5-19/h4-10,21,29H,11-18H2,1-3H3. The number of hydrogen-bond acceptors (Lipinski definition) is 3. The molecular formula is C27H34ClNO2. The summed E-state index contributed by atoms with van der Waals surface area (Å²) >= 11 is 5.97. The van der Waals surface area contributed by atoms with E-state index >= 15 is 0 Å². The van der Waals surface area contributed by atoms with E-state index in [0.29, 0.717) is 23.0 Å². The summed E-state index contributed by atoms with van der Waals surface area (Å²) in [4.78, 5) is 0. The molecule has 1 N–H and O–H groups in total. The van der Waals surface area contributed by atoms with Crippen LogP contribution in [0, 0.1) is 16.7 Å². The molecule has 0 radical (unpaired) electrons. The highest BCUT2D eigenvalue weighted by Gasteiger charge is 2.59. The van der Waals surface area contributed by atoms with Crippen molar-refractivity contribution in [3.63, 3.8) is 0 Å². The zero-order chi connectivity index (χ0) is 21.7. The van der Waals surface area contributed by atoms with Crippen LogP contribution in [0.5, 0.6) is 11.5 Å². The van der Waals surface area contributed by atoms with Crippen LogP contribution in [0.15, 0.2) is 42.5 Å². The minimum Gasteiger partial charge on any atom is -0.493 e. The highest BCUT2D eigenvalue weighted by atomic mass is 35.5. The average Bonchev–Trinajstić information content (AvgIpc) is 2.69. The average molecular weight is 440 g/mol. The SMILES string of the molecule is COc1cc(CNC23CC4CC(C)(CC(C)(C4)C2)C3)ccc1OCc1ccc(Cl)cc1. The lowest BCUT2D eigenvalue weighted by molar-refractivity contribution is -0.118. The molecule has 2 unspecified atom stereocenters. The van der Waals surface area contributed by atoms with Crippen molar-refractivity contribution in [1.82, 2.24) is 5.32 Å². The van der Waals surface area contributed by atoms with Crippen molar-refractivity contribution in [1.29, 1.82) is 0 Å². The summed E-state index contributed by atoms with van der Waals surface area (Å²) in [5.41, 5.74) is 3.69. The first kappa shape index (κ1) is 21.2. The fourth-order valence-corrected chi connectivity index (χ4v) is 7.74. The minimum atomic E-state index is 0.305. The number of hydrogen-bond donors (Lipinski definition) is 1. The van der Waals surface area contributed by atoms with E-state index in [1.165, 1.54) is 44.1 Å². The summed E-state index contributed by atoms with van der Waals surface area (Å²) in [5.74, 6) is 2.46. The highest BCUT2D eigenvalue weighted by Crippen LogP contribution is 2.66. The van der Waals surface area contributed by atoms with Gasteiger partial charge in [-0.25, -0.2) is 0 Å². The van der Waals surface area contributed by atoms with Crippen LogP contribution in [-0.4, -0.2) is 12.6 Å². The molecule has 4 bridgehead atoms. The predicted molar refractivity (Wildman–Crippen MR) is 126 cm³/mol. The lowest BCUT2D eigenvalue weighted by Crippen LogP contribution is -2.63. The summed E-state index contributed by atoms with van der Waals surface area (Å²) in [6, 6.07) is 14.1. The molecule has 6 rings (SSSR count). The van der Waals surface area contributed by atoms with Crippen molar-refractivity contribution in [2.24, 2.45) is 16.7 Å². The first-order valence-corrected chi connectivity index (χ1v) is 11.9. The van der Waals surface area contributed by atoms with E-state index in [2.05, 4.69) is 31.3 Å². The Kier molecular flexibility index (Phi) is 5.26. The molecule has 4 fully saturated rings. The molecule has 4 saturated carbocycles. The summed E-state index contributed by atoms with van der Waals surface area (Å²) in [5, 5.41) is 4.76. The second-order valence-electron chi connectivity index (χ2n) is 11.2. The molecule has 2 aromatic rings. The molecule has 4 heteroatoms. The first-order valence-electron chi connectivity index (χ1n) is 11.6. The van der Waals surface area contributed by atoms with Crippen LogP contribution in [0.2, 0.25) is 5.02 Å². The Bertz CT molecular complexity index is 938. The van der Waals surface area contributed by atoms with Gasteiger partial charge < -0.3 is 14.8 Å². The van der Waals surface area contributed by atoms with Crippen molar-refractivity contribution in [3.8, 4) is 11.5 Å². The third-order valence-corrected chi connectivity index (χ3v) is 8.08. The molecule has 0 saturated heterocycles. The first-order chi connectivity index (χ1) is 14.8. The molecular weight excluding hydrogens is 406 g/mol. The molecule has 166 valence electrons. The monoisotopic (exact) mass is 439 g/mol. The molecule has 4 aliphatic carbocycles. The molecule has 0 spiro atoms. The van der Waals surface area contributed by atoms with E-state index in [0.717, 1.165) is 34.5 Å². The highest BCUT2D eigenvalue weighted by molar-refractivity contribution is 6.30. The maximum Gasteiger partial charge on any atom is 0.161 e. The van der Waals surface area contributed by atoms with Crippen molar-refractivity contribution < 1.29 is 9.47 Å². The number of rotatable bonds is 7. The summed E-state index contributed by atoms with van der Waals surface area (Å²) in [6.45, 7) is 6.43.